The molecule has 0 atom stereocenters. The zero-order valence-electron chi connectivity index (χ0n) is 14.0. The van der Waals surface area contributed by atoms with Crippen molar-refractivity contribution in [2.45, 2.75) is 45.4 Å². The van der Waals surface area contributed by atoms with Gasteiger partial charge in [0.1, 0.15) is 0 Å². The molecular formula is C18H35N3. The zero-order chi connectivity index (χ0) is 14.5. The van der Waals surface area contributed by atoms with Crippen molar-refractivity contribution in [1.82, 2.24) is 15.1 Å². The molecule has 0 aliphatic carbocycles. The molecule has 0 amide bonds. The van der Waals surface area contributed by atoms with Crippen LogP contribution in [0.5, 0.6) is 0 Å². The van der Waals surface area contributed by atoms with E-state index in [-0.39, 0.29) is 0 Å². The Balaban J connectivity index is 1.36. The van der Waals surface area contributed by atoms with Crippen molar-refractivity contribution in [1.29, 1.82) is 0 Å². The molecule has 3 nitrogen and oxygen atoms in total. The summed E-state index contributed by atoms with van der Waals surface area (Å²) < 4.78 is 0. The van der Waals surface area contributed by atoms with Crippen LogP contribution in [-0.4, -0.2) is 62.2 Å². The highest BCUT2D eigenvalue weighted by Crippen LogP contribution is 2.31. The summed E-state index contributed by atoms with van der Waals surface area (Å²) in [6.07, 6.45) is 8.67. The number of hydrogen-bond acceptors (Lipinski definition) is 3. The number of hydrogen-bond donors (Lipinski definition) is 1. The highest BCUT2D eigenvalue weighted by atomic mass is 15.1. The van der Waals surface area contributed by atoms with Crippen LogP contribution in [0.1, 0.15) is 45.4 Å². The first kappa shape index (κ1) is 15.8. The summed E-state index contributed by atoms with van der Waals surface area (Å²) >= 11 is 0. The molecule has 21 heavy (non-hydrogen) atoms. The molecular weight excluding hydrogens is 258 g/mol. The van der Waals surface area contributed by atoms with Crippen LogP contribution in [0.15, 0.2) is 0 Å². The molecule has 0 aromatic rings. The summed E-state index contributed by atoms with van der Waals surface area (Å²) in [6.45, 7) is 12.9. The van der Waals surface area contributed by atoms with Gasteiger partial charge in [-0.15, -0.1) is 0 Å². The van der Waals surface area contributed by atoms with E-state index in [1.807, 2.05) is 0 Å². The molecule has 1 N–H and O–H groups in total. The van der Waals surface area contributed by atoms with Crippen molar-refractivity contribution in [3.05, 3.63) is 0 Å². The van der Waals surface area contributed by atoms with Crippen LogP contribution in [0.25, 0.3) is 0 Å². The van der Waals surface area contributed by atoms with Crippen molar-refractivity contribution in [2.75, 3.05) is 52.4 Å². The summed E-state index contributed by atoms with van der Waals surface area (Å²) in [5.41, 5.74) is 0. The third-order valence-corrected chi connectivity index (χ3v) is 6.35. The van der Waals surface area contributed by atoms with Crippen molar-refractivity contribution in [3.63, 3.8) is 0 Å². The van der Waals surface area contributed by atoms with Gasteiger partial charge in [0.05, 0.1) is 0 Å². The maximum absolute atomic E-state index is 3.51. The van der Waals surface area contributed by atoms with Gasteiger partial charge in [-0.2, -0.15) is 0 Å². The summed E-state index contributed by atoms with van der Waals surface area (Å²) in [4.78, 5) is 5.39. The smallest absolute Gasteiger partial charge is 0.00106 e. The fourth-order valence-electron chi connectivity index (χ4n) is 4.77. The molecule has 3 heteroatoms. The van der Waals surface area contributed by atoms with Gasteiger partial charge >= 0.3 is 0 Å². The second kappa shape index (κ2) is 7.94. The minimum atomic E-state index is 0.975. The van der Waals surface area contributed by atoms with Crippen molar-refractivity contribution in [3.8, 4) is 0 Å². The van der Waals surface area contributed by atoms with Crippen molar-refractivity contribution < 1.29 is 0 Å². The number of nitrogens with zero attached hydrogens (tertiary/aromatic N) is 2. The molecule has 0 spiro atoms. The van der Waals surface area contributed by atoms with E-state index in [0.29, 0.717) is 0 Å². The molecule has 122 valence electrons. The molecule has 0 saturated carbocycles. The van der Waals surface area contributed by atoms with Gasteiger partial charge in [0.15, 0.2) is 0 Å². The quantitative estimate of drug-likeness (QED) is 0.859. The highest BCUT2D eigenvalue weighted by Gasteiger charge is 2.29. The molecule has 3 fully saturated rings. The second-order valence-electron chi connectivity index (χ2n) is 7.60. The molecule has 3 rings (SSSR count). The van der Waals surface area contributed by atoms with Gasteiger partial charge in [-0.3, -0.25) is 0 Å². The van der Waals surface area contributed by atoms with Crippen LogP contribution in [0.4, 0.5) is 0 Å². The molecule has 0 aromatic carbocycles. The Morgan fingerprint density at radius 3 is 1.95 bits per heavy atom. The summed E-state index contributed by atoms with van der Waals surface area (Å²) in [5.74, 6) is 3.04. The average Bonchev–Trinajstić information content (AvgIpc) is 2.57. The van der Waals surface area contributed by atoms with Crippen LogP contribution in [-0.2, 0) is 0 Å². The van der Waals surface area contributed by atoms with Crippen LogP contribution < -0.4 is 5.32 Å². The van der Waals surface area contributed by atoms with Crippen LogP contribution >= 0.6 is 0 Å². The zero-order valence-corrected chi connectivity index (χ0v) is 14.0. The average molecular weight is 293 g/mol. The topological polar surface area (TPSA) is 18.5 Å². The number of likely N-dealkylation sites (tertiary alicyclic amines) is 2. The Morgan fingerprint density at radius 1 is 0.762 bits per heavy atom. The van der Waals surface area contributed by atoms with Gasteiger partial charge in [-0.1, -0.05) is 6.92 Å². The first-order valence-electron chi connectivity index (χ1n) is 9.50. The minimum absolute atomic E-state index is 0.975. The standard InChI is InChI=1S/C18H35N3/c1-2-20-11-5-16(6-12-20)15-21-13-7-18(8-14-21)17-3-9-19-10-4-17/h16-19H,2-15H2,1H3. The Labute approximate surface area is 131 Å². The van der Waals surface area contributed by atoms with Gasteiger partial charge in [0.2, 0.25) is 0 Å². The summed E-state index contributed by atoms with van der Waals surface area (Å²) in [6, 6.07) is 0. The lowest BCUT2D eigenvalue weighted by molar-refractivity contribution is 0.0970. The van der Waals surface area contributed by atoms with Crippen LogP contribution in [0.2, 0.25) is 0 Å². The third kappa shape index (κ3) is 4.43. The molecule has 0 radical (unpaired) electrons. The van der Waals surface area contributed by atoms with E-state index < -0.39 is 0 Å². The lowest BCUT2D eigenvalue weighted by Gasteiger charge is -2.40. The SMILES string of the molecule is CCN1CCC(CN2CCC(C3CCNCC3)CC2)CC1. The van der Waals surface area contributed by atoms with E-state index in [1.165, 1.54) is 90.9 Å². The van der Waals surface area contributed by atoms with Crippen molar-refractivity contribution >= 4 is 0 Å². The van der Waals surface area contributed by atoms with Crippen LogP contribution in [0, 0.1) is 17.8 Å². The maximum atomic E-state index is 3.51. The van der Waals surface area contributed by atoms with Gasteiger partial charge in [0.25, 0.3) is 0 Å². The molecule has 3 aliphatic rings. The number of piperidine rings is 3. The number of nitrogens with one attached hydrogen (secondary N) is 1. The van der Waals surface area contributed by atoms with Gasteiger partial charge in [-0.05, 0) is 102 Å². The summed E-state index contributed by atoms with van der Waals surface area (Å²) in [5, 5.41) is 3.51. The predicted molar refractivity (Wildman–Crippen MR) is 89.6 cm³/mol. The monoisotopic (exact) mass is 293 g/mol. The van der Waals surface area contributed by atoms with E-state index >= 15 is 0 Å². The van der Waals surface area contributed by atoms with E-state index in [9.17, 15) is 0 Å². The van der Waals surface area contributed by atoms with E-state index in [4.69, 9.17) is 0 Å². The normalized spacial score (nSPS) is 29.0. The minimum Gasteiger partial charge on any atom is -0.317 e. The van der Waals surface area contributed by atoms with E-state index in [1.54, 1.807) is 0 Å². The molecule has 0 bridgehead atoms. The Bertz CT molecular complexity index is 285. The predicted octanol–water partition coefficient (Wildman–Crippen LogP) is 2.43. The first-order chi connectivity index (χ1) is 10.3. The molecule has 3 aliphatic heterocycles. The first-order valence-corrected chi connectivity index (χ1v) is 9.50. The fourth-order valence-corrected chi connectivity index (χ4v) is 4.77. The van der Waals surface area contributed by atoms with E-state index in [2.05, 4.69) is 22.0 Å². The third-order valence-electron chi connectivity index (χ3n) is 6.35. The van der Waals surface area contributed by atoms with Gasteiger partial charge in [-0.25, -0.2) is 0 Å². The number of rotatable bonds is 4. The largest absolute Gasteiger partial charge is 0.317 e. The fraction of sp³-hybridized carbons (Fsp3) is 1.00. The van der Waals surface area contributed by atoms with Gasteiger partial charge < -0.3 is 15.1 Å². The molecule has 3 heterocycles. The Morgan fingerprint density at radius 2 is 1.33 bits per heavy atom. The lowest BCUT2D eigenvalue weighted by atomic mass is 9.79. The lowest BCUT2D eigenvalue weighted by Crippen LogP contribution is -2.43. The Hall–Kier alpha value is -0.120. The maximum Gasteiger partial charge on any atom is 0.00106 e. The van der Waals surface area contributed by atoms with Gasteiger partial charge in [0, 0.05) is 6.54 Å². The molecule has 0 aromatic heterocycles. The van der Waals surface area contributed by atoms with E-state index in [0.717, 1.165) is 17.8 Å². The second-order valence-corrected chi connectivity index (χ2v) is 7.60. The molecule has 0 unspecified atom stereocenters. The van der Waals surface area contributed by atoms with Crippen LogP contribution in [0.3, 0.4) is 0 Å². The summed E-state index contributed by atoms with van der Waals surface area (Å²) in [7, 11) is 0. The highest BCUT2D eigenvalue weighted by molar-refractivity contribution is 4.82. The Kier molecular flexibility index (Phi) is 5.96. The molecule has 3 saturated heterocycles. The van der Waals surface area contributed by atoms with Crippen molar-refractivity contribution in [2.24, 2.45) is 17.8 Å².